The first-order chi connectivity index (χ1) is 17.3. The van der Waals surface area contributed by atoms with E-state index in [9.17, 15) is 9.59 Å². The smallest absolute Gasteiger partial charge is 0.340 e. The van der Waals surface area contributed by atoms with Crippen molar-refractivity contribution in [1.82, 2.24) is 9.78 Å². The van der Waals surface area contributed by atoms with Gasteiger partial charge >= 0.3 is 6.03 Å². The van der Waals surface area contributed by atoms with E-state index in [-0.39, 0.29) is 35.5 Å². The Morgan fingerprint density at radius 2 is 1.94 bits per heavy atom. The molecule has 11 heteroatoms. The third kappa shape index (κ3) is 4.06. The molecule has 0 aliphatic carbocycles. The molecular weight excluding hydrogens is 503 g/mol. The van der Waals surface area contributed by atoms with E-state index in [4.69, 9.17) is 46.0 Å². The summed E-state index contributed by atoms with van der Waals surface area (Å²) in [7, 11) is 0. The average molecular weight is 521 g/mol. The van der Waals surface area contributed by atoms with Gasteiger partial charge in [0.2, 0.25) is 11.6 Å². The minimum absolute atomic E-state index is 0.0703. The van der Waals surface area contributed by atoms with Gasteiger partial charge in [0.05, 0.1) is 22.1 Å². The third-order valence-electron chi connectivity index (χ3n) is 6.04. The van der Waals surface area contributed by atoms with E-state index in [1.54, 1.807) is 53.4 Å². The highest BCUT2D eigenvalue weighted by Gasteiger charge is 2.32. The van der Waals surface area contributed by atoms with E-state index >= 15 is 0 Å². The van der Waals surface area contributed by atoms with Crippen LogP contribution in [0.25, 0.3) is 15.7 Å². The number of amides is 2. The SMILES string of the molecule is [C-]#[N+]c1cccc(Cl)c1Oc1cc([C@H]2CC(=O)N(c3ccc4c(c3)c(N)nn4C(N)=O)C2)ccc1Cl. The lowest BCUT2D eigenvalue weighted by molar-refractivity contribution is -0.117. The summed E-state index contributed by atoms with van der Waals surface area (Å²) in [6.45, 7) is 7.78. The van der Waals surface area contributed by atoms with Crippen LogP contribution in [0.1, 0.15) is 17.9 Å². The number of nitrogens with zero attached hydrogens (tertiary/aromatic N) is 4. The Morgan fingerprint density at radius 3 is 2.69 bits per heavy atom. The lowest BCUT2D eigenvalue weighted by Gasteiger charge is -2.18. The normalized spacial score (nSPS) is 15.3. The number of carbonyl (C=O) groups excluding carboxylic acids is 2. The topological polar surface area (TPSA) is 121 Å². The van der Waals surface area contributed by atoms with Crippen molar-refractivity contribution in [3.63, 3.8) is 0 Å². The van der Waals surface area contributed by atoms with Crippen LogP contribution in [0.5, 0.6) is 11.5 Å². The van der Waals surface area contributed by atoms with Crippen LogP contribution in [0.15, 0.2) is 54.6 Å². The van der Waals surface area contributed by atoms with Crippen LogP contribution in [0.2, 0.25) is 10.0 Å². The molecule has 1 aliphatic heterocycles. The molecule has 9 nitrogen and oxygen atoms in total. The highest BCUT2D eigenvalue weighted by Crippen LogP contribution is 2.42. The van der Waals surface area contributed by atoms with Gasteiger partial charge in [-0.1, -0.05) is 41.4 Å². The second-order valence-electron chi connectivity index (χ2n) is 8.23. The van der Waals surface area contributed by atoms with Crippen LogP contribution < -0.4 is 21.1 Å². The maximum absolute atomic E-state index is 13.0. The maximum atomic E-state index is 13.0. The maximum Gasteiger partial charge on any atom is 0.340 e. The number of benzene rings is 3. The van der Waals surface area contributed by atoms with Crippen LogP contribution in [0, 0.1) is 6.57 Å². The molecule has 2 heterocycles. The van der Waals surface area contributed by atoms with Gasteiger partial charge in [-0.3, -0.25) is 4.79 Å². The lowest BCUT2D eigenvalue weighted by Crippen LogP contribution is -2.24. The highest BCUT2D eigenvalue weighted by atomic mass is 35.5. The minimum atomic E-state index is -0.747. The number of hydrogen-bond donors (Lipinski definition) is 2. The van der Waals surface area contributed by atoms with E-state index in [0.29, 0.717) is 38.9 Å². The van der Waals surface area contributed by atoms with Gasteiger partial charge in [0.1, 0.15) is 5.75 Å². The molecule has 0 saturated carbocycles. The Bertz CT molecular complexity index is 1590. The summed E-state index contributed by atoms with van der Waals surface area (Å²) in [6, 6.07) is 14.6. The van der Waals surface area contributed by atoms with Crippen LogP contribution >= 0.6 is 23.2 Å². The predicted molar refractivity (Wildman–Crippen MR) is 138 cm³/mol. The Labute approximate surface area is 215 Å². The number of hydrogen-bond acceptors (Lipinski definition) is 5. The van der Waals surface area contributed by atoms with Crippen molar-refractivity contribution in [2.45, 2.75) is 12.3 Å². The molecule has 3 aromatic carbocycles. The largest absolute Gasteiger partial charge is 0.465 e. The lowest BCUT2D eigenvalue weighted by atomic mass is 9.98. The highest BCUT2D eigenvalue weighted by molar-refractivity contribution is 6.33. The van der Waals surface area contributed by atoms with Gasteiger partial charge in [-0.25, -0.2) is 9.64 Å². The fourth-order valence-corrected chi connectivity index (χ4v) is 4.66. The molecule has 1 fully saturated rings. The Hall–Kier alpha value is -4.26. The fourth-order valence-electron chi connectivity index (χ4n) is 4.29. The second kappa shape index (κ2) is 9.07. The molecule has 0 radical (unpaired) electrons. The van der Waals surface area contributed by atoms with Gasteiger partial charge in [-0.15, -0.1) is 5.10 Å². The second-order valence-corrected chi connectivity index (χ2v) is 9.05. The number of aromatic nitrogens is 2. The Kier molecular flexibility index (Phi) is 5.92. The number of nitrogen functional groups attached to an aromatic ring is 1. The molecule has 1 aromatic heterocycles. The molecule has 0 unspecified atom stereocenters. The first-order valence-electron chi connectivity index (χ1n) is 10.8. The van der Waals surface area contributed by atoms with Crippen LogP contribution in [-0.4, -0.2) is 28.3 Å². The fraction of sp³-hybridized carbons (Fsp3) is 0.120. The van der Waals surface area contributed by atoms with Gasteiger partial charge in [0, 0.05) is 30.0 Å². The number of nitrogens with two attached hydrogens (primary N) is 2. The van der Waals surface area contributed by atoms with E-state index in [1.165, 1.54) is 0 Å². The van der Waals surface area contributed by atoms with Gasteiger partial charge in [-0.2, -0.15) is 4.68 Å². The predicted octanol–water partition coefficient (Wildman–Crippen LogP) is 5.72. The molecule has 4 aromatic rings. The number of primary amides is 1. The zero-order valence-electron chi connectivity index (χ0n) is 18.6. The summed E-state index contributed by atoms with van der Waals surface area (Å²) in [4.78, 5) is 29.7. The molecule has 0 bridgehead atoms. The van der Waals surface area contributed by atoms with E-state index < -0.39 is 6.03 Å². The molecule has 5 rings (SSSR count). The summed E-state index contributed by atoms with van der Waals surface area (Å²) in [5.74, 6) is 0.502. The van der Waals surface area contributed by atoms with Crippen molar-refractivity contribution in [3.8, 4) is 11.5 Å². The summed E-state index contributed by atoms with van der Waals surface area (Å²) >= 11 is 12.6. The molecule has 1 saturated heterocycles. The zero-order valence-corrected chi connectivity index (χ0v) is 20.1. The first kappa shape index (κ1) is 23.5. The molecular formula is C25H18Cl2N6O3. The number of anilines is 2. The summed E-state index contributed by atoms with van der Waals surface area (Å²) in [6.07, 6.45) is 0.272. The summed E-state index contributed by atoms with van der Waals surface area (Å²) in [5.41, 5.74) is 13.5. The van der Waals surface area contributed by atoms with Gasteiger partial charge in [0.15, 0.2) is 11.6 Å². The van der Waals surface area contributed by atoms with E-state index in [2.05, 4.69) is 9.94 Å². The summed E-state index contributed by atoms with van der Waals surface area (Å²) in [5, 5.41) is 5.14. The molecule has 0 spiro atoms. The number of carbonyl (C=O) groups is 2. The standard InChI is InChI=1S/C25H18Cl2N6O3/c1-30-19-4-2-3-18(27)23(19)36-21-9-13(5-7-17(21)26)14-10-22(34)32(12-14)15-6-8-20-16(11-15)24(28)31-33(20)25(29)35/h2-9,11,14H,10,12H2,(H2,28,31)(H2,29,35)/t14-/m0/s1. The van der Waals surface area contributed by atoms with Crippen LogP contribution in [-0.2, 0) is 4.79 Å². The van der Waals surface area contributed by atoms with Crippen molar-refractivity contribution < 1.29 is 14.3 Å². The van der Waals surface area contributed by atoms with Crippen LogP contribution in [0.4, 0.5) is 22.0 Å². The number of fused-ring (bicyclic) bond motifs is 1. The molecule has 1 aliphatic rings. The third-order valence-corrected chi connectivity index (χ3v) is 6.65. The van der Waals surface area contributed by atoms with Gasteiger partial charge < -0.3 is 21.1 Å². The zero-order chi connectivity index (χ0) is 25.6. The van der Waals surface area contributed by atoms with Gasteiger partial charge in [0.25, 0.3) is 0 Å². The van der Waals surface area contributed by atoms with Crippen molar-refractivity contribution in [2.24, 2.45) is 5.73 Å². The first-order valence-corrected chi connectivity index (χ1v) is 11.5. The van der Waals surface area contributed by atoms with Crippen LogP contribution in [0.3, 0.4) is 0 Å². The minimum Gasteiger partial charge on any atom is -0.465 e. The molecule has 1 atom stereocenters. The van der Waals surface area contributed by atoms with E-state index in [1.807, 2.05) is 6.07 Å². The monoisotopic (exact) mass is 520 g/mol. The number of para-hydroxylation sites is 1. The molecule has 2 amide bonds. The molecule has 36 heavy (non-hydrogen) atoms. The van der Waals surface area contributed by atoms with Gasteiger partial charge in [-0.05, 0) is 42.0 Å². The number of halogens is 2. The Balaban J connectivity index is 1.43. The van der Waals surface area contributed by atoms with Crippen molar-refractivity contribution in [1.29, 1.82) is 0 Å². The molecule has 4 N–H and O–H groups in total. The Morgan fingerprint density at radius 1 is 1.14 bits per heavy atom. The van der Waals surface area contributed by atoms with Crippen molar-refractivity contribution in [2.75, 3.05) is 17.2 Å². The number of ether oxygens (including phenoxy) is 1. The number of rotatable bonds is 4. The average Bonchev–Trinajstić information content (AvgIpc) is 3.41. The quantitative estimate of drug-likeness (QED) is 0.333. The molecule has 180 valence electrons. The van der Waals surface area contributed by atoms with E-state index in [0.717, 1.165) is 10.2 Å². The summed E-state index contributed by atoms with van der Waals surface area (Å²) < 4.78 is 6.97. The van der Waals surface area contributed by atoms with Crippen molar-refractivity contribution in [3.05, 3.63) is 81.6 Å². The van der Waals surface area contributed by atoms with Crippen molar-refractivity contribution >= 4 is 63.2 Å².